The van der Waals surface area contributed by atoms with Gasteiger partial charge in [0.25, 0.3) is 0 Å². The number of halogens is 1. The molecule has 1 heterocycles. The lowest BCUT2D eigenvalue weighted by atomic mass is 10.1. The van der Waals surface area contributed by atoms with E-state index in [4.69, 9.17) is 0 Å². The molecule has 12 heavy (non-hydrogen) atoms. The zero-order valence-corrected chi connectivity index (χ0v) is 8.97. The van der Waals surface area contributed by atoms with Gasteiger partial charge in [-0.2, -0.15) is 0 Å². The first-order valence-electron chi connectivity index (χ1n) is 4.43. The van der Waals surface area contributed by atoms with Crippen LogP contribution in [0.2, 0.25) is 0 Å². The van der Waals surface area contributed by atoms with Crippen LogP contribution in [0.1, 0.15) is 31.9 Å². The van der Waals surface area contributed by atoms with E-state index in [0.29, 0.717) is 0 Å². The maximum Gasteiger partial charge on any atom is 0.0414 e. The second-order valence-electron chi connectivity index (χ2n) is 2.92. The fourth-order valence-corrected chi connectivity index (χ4v) is 1.52. The van der Waals surface area contributed by atoms with E-state index in [9.17, 15) is 0 Å². The number of nitrogens with zero attached hydrogens (tertiary/aromatic N) is 1. The Morgan fingerprint density at radius 3 is 2.92 bits per heavy atom. The summed E-state index contributed by atoms with van der Waals surface area (Å²) in [6.45, 7) is 2.22. The lowest BCUT2D eigenvalue weighted by Gasteiger charge is -1.99. The maximum atomic E-state index is 4.28. The van der Waals surface area contributed by atoms with E-state index < -0.39 is 0 Å². The summed E-state index contributed by atoms with van der Waals surface area (Å²) in [7, 11) is 0. The highest BCUT2D eigenvalue weighted by atomic mass is 79.9. The molecule has 0 atom stereocenters. The molecule has 0 saturated heterocycles. The van der Waals surface area contributed by atoms with Crippen molar-refractivity contribution in [3.05, 3.63) is 28.5 Å². The summed E-state index contributed by atoms with van der Waals surface area (Å²) in [6.07, 6.45) is 6.78. The third kappa shape index (κ3) is 3.35. The molecule has 0 aromatic carbocycles. The molecule has 1 aromatic heterocycles. The topological polar surface area (TPSA) is 12.9 Å². The Labute approximate surface area is 82.3 Å². The Hall–Kier alpha value is -0.370. The average Bonchev–Trinajstić information content (AvgIpc) is 2.05. The largest absolute Gasteiger partial charge is 0.261 e. The number of unbranched alkanes of at least 4 members (excludes halogenated alkanes) is 2. The summed E-state index contributed by atoms with van der Waals surface area (Å²) in [6, 6.07) is 4.05. The minimum absolute atomic E-state index is 1.10. The van der Waals surface area contributed by atoms with Gasteiger partial charge in [0.1, 0.15) is 0 Å². The number of rotatable bonds is 4. The van der Waals surface area contributed by atoms with E-state index in [-0.39, 0.29) is 0 Å². The van der Waals surface area contributed by atoms with Crippen LogP contribution < -0.4 is 0 Å². The van der Waals surface area contributed by atoms with Crippen molar-refractivity contribution in [3.63, 3.8) is 0 Å². The number of hydrogen-bond donors (Lipinski definition) is 0. The Morgan fingerprint density at radius 2 is 2.25 bits per heavy atom. The summed E-state index contributed by atoms with van der Waals surface area (Å²) in [5.74, 6) is 0. The van der Waals surface area contributed by atoms with Crippen LogP contribution in [0.15, 0.2) is 22.8 Å². The van der Waals surface area contributed by atoms with Crippen molar-refractivity contribution < 1.29 is 0 Å². The van der Waals surface area contributed by atoms with E-state index >= 15 is 0 Å². The van der Waals surface area contributed by atoms with Crippen molar-refractivity contribution in [2.75, 3.05) is 0 Å². The molecule has 0 radical (unpaired) electrons. The summed E-state index contributed by atoms with van der Waals surface area (Å²) in [5, 5.41) is 0. The molecule has 2 heteroatoms. The molecule has 0 unspecified atom stereocenters. The normalized spacial score (nSPS) is 10.2. The van der Waals surface area contributed by atoms with Gasteiger partial charge >= 0.3 is 0 Å². The monoisotopic (exact) mass is 227 g/mol. The van der Waals surface area contributed by atoms with Crippen LogP contribution in [0.25, 0.3) is 0 Å². The Kier molecular flexibility index (Phi) is 4.30. The van der Waals surface area contributed by atoms with Gasteiger partial charge in [0, 0.05) is 16.4 Å². The highest BCUT2D eigenvalue weighted by Gasteiger charge is 1.94. The van der Waals surface area contributed by atoms with Crippen molar-refractivity contribution in [1.82, 2.24) is 4.98 Å². The van der Waals surface area contributed by atoms with Gasteiger partial charge in [-0.15, -0.1) is 0 Å². The van der Waals surface area contributed by atoms with Crippen molar-refractivity contribution in [2.24, 2.45) is 0 Å². The Balaban J connectivity index is 2.41. The summed E-state index contributed by atoms with van der Waals surface area (Å²) in [5.41, 5.74) is 1.19. The van der Waals surface area contributed by atoms with Gasteiger partial charge in [-0.25, -0.2) is 0 Å². The van der Waals surface area contributed by atoms with Gasteiger partial charge in [0.15, 0.2) is 0 Å². The van der Waals surface area contributed by atoms with E-state index in [0.717, 1.165) is 10.9 Å². The quantitative estimate of drug-likeness (QED) is 0.718. The van der Waals surface area contributed by atoms with E-state index in [2.05, 4.69) is 33.9 Å². The van der Waals surface area contributed by atoms with Crippen molar-refractivity contribution in [2.45, 2.75) is 32.6 Å². The first-order valence-corrected chi connectivity index (χ1v) is 5.22. The average molecular weight is 228 g/mol. The van der Waals surface area contributed by atoms with Crippen LogP contribution >= 0.6 is 15.9 Å². The molecule has 0 aliphatic carbocycles. The number of aromatic nitrogens is 1. The predicted octanol–water partition coefficient (Wildman–Crippen LogP) is 3.58. The fourth-order valence-electron chi connectivity index (χ4n) is 1.14. The highest BCUT2D eigenvalue weighted by molar-refractivity contribution is 9.10. The van der Waals surface area contributed by atoms with Crippen LogP contribution in [-0.2, 0) is 6.42 Å². The van der Waals surface area contributed by atoms with Crippen molar-refractivity contribution >= 4 is 15.9 Å². The van der Waals surface area contributed by atoms with Crippen LogP contribution in [0, 0.1) is 0 Å². The standard InChI is InChI=1S/C10H14BrN/c1-2-3-4-5-10-8-9(11)6-7-12-10/h6-8H,2-5H2,1H3. The maximum absolute atomic E-state index is 4.28. The minimum Gasteiger partial charge on any atom is -0.261 e. The Bertz CT molecular complexity index is 235. The lowest BCUT2D eigenvalue weighted by molar-refractivity contribution is 0.707. The SMILES string of the molecule is CCCCCc1cc(Br)ccn1. The van der Waals surface area contributed by atoms with Gasteiger partial charge in [0.2, 0.25) is 0 Å². The number of pyridine rings is 1. The zero-order chi connectivity index (χ0) is 8.81. The van der Waals surface area contributed by atoms with Crippen LogP contribution in [0.5, 0.6) is 0 Å². The summed E-state index contributed by atoms with van der Waals surface area (Å²) in [4.78, 5) is 4.28. The van der Waals surface area contributed by atoms with Gasteiger partial charge in [-0.05, 0) is 25.0 Å². The molecule has 0 spiro atoms. The second-order valence-corrected chi connectivity index (χ2v) is 3.84. The second kappa shape index (κ2) is 5.31. The molecule has 66 valence electrons. The van der Waals surface area contributed by atoms with Gasteiger partial charge in [0.05, 0.1) is 0 Å². The number of aryl methyl sites for hydroxylation is 1. The Morgan fingerprint density at radius 1 is 1.42 bits per heavy atom. The molecule has 0 amide bonds. The zero-order valence-electron chi connectivity index (χ0n) is 7.39. The molecule has 1 aromatic rings. The third-order valence-corrected chi connectivity index (χ3v) is 2.31. The van der Waals surface area contributed by atoms with Gasteiger partial charge in [-0.3, -0.25) is 4.98 Å². The van der Waals surface area contributed by atoms with Crippen molar-refractivity contribution in [3.8, 4) is 0 Å². The molecule has 0 aliphatic heterocycles. The van der Waals surface area contributed by atoms with Gasteiger partial charge < -0.3 is 0 Å². The highest BCUT2D eigenvalue weighted by Crippen LogP contribution is 2.11. The molecular formula is C10H14BrN. The molecular weight excluding hydrogens is 214 g/mol. The van der Waals surface area contributed by atoms with Crippen LogP contribution in [-0.4, -0.2) is 4.98 Å². The fraction of sp³-hybridized carbons (Fsp3) is 0.500. The van der Waals surface area contributed by atoms with E-state index in [1.54, 1.807) is 0 Å². The first-order chi connectivity index (χ1) is 5.83. The number of hydrogen-bond acceptors (Lipinski definition) is 1. The molecule has 0 saturated carbocycles. The first kappa shape index (κ1) is 9.72. The van der Waals surface area contributed by atoms with E-state index in [1.165, 1.54) is 25.0 Å². The molecule has 0 fully saturated rings. The van der Waals surface area contributed by atoms with E-state index in [1.807, 2.05) is 12.3 Å². The predicted molar refractivity (Wildman–Crippen MR) is 55.2 cm³/mol. The molecule has 1 nitrogen and oxygen atoms in total. The summed E-state index contributed by atoms with van der Waals surface area (Å²) >= 11 is 3.43. The smallest absolute Gasteiger partial charge is 0.0414 e. The lowest BCUT2D eigenvalue weighted by Crippen LogP contribution is -1.88. The minimum atomic E-state index is 1.10. The molecule has 1 rings (SSSR count). The third-order valence-electron chi connectivity index (χ3n) is 1.82. The van der Waals surface area contributed by atoms with Crippen LogP contribution in [0.3, 0.4) is 0 Å². The van der Waals surface area contributed by atoms with Gasteiger partial charge in [-0.1, -0.05) is 35.7 Å². The van der Waals surface area contributed by atoms with Crippen LogP contribution in [0.4, 0.5) is 0 Å². The molecule has 0 N–H and O–H groups in total. The summed E-state index contributed by atoms with van der Waals surface area (Å²) < 4.78 is 1.13. The van der Waals surface area contributed by atoms with Crippen molar-refractivity contribution in [1.29, 1.82) is 0 Å². The molecule has 0 bridgehead atoms. The molecule has 0 aliphatic rings.